The minimum atomic E-state index is 0.695. The van der Waals surface area contributed by atoms with Gasteiger partial charge in [-0.1, -0.05) is 30.3 Å². The fourth-order valence-corrected chi connectivity index (χ4v) is 1.53. The van der Waals surface area contributed by atoms with Crippen LogP contribution in [0.4, 0.5) is 0 Å². The third-order valence-electron chi connectivity index (χ3n) is 2.36. The predicted molar refractivity (Wildman–Crippen MR) is 59.8 cm³/mol. The number of pyridine rings is 1. The van der Waals surface area contributed by atoms with Gasteiger partial charge in [0.2, 0.25) is 0 Å². The molecule has 0 atom stereocenters. The first-order valence-electron chi connectivity index (χ1n) is 4.78. The molecule has 0 N–H and O–H groups in total. The van der Waals surface area contributed by atoms with E-state index in [1.165, 1.54) is 0 Å². The highest BCUT2D eigenvalue weighted by Gasteiger charge is 2.01. The zero-order chi connectivity index (χ0) is 10.7. The normalized spacial score (nSPS) is 9.93. The first kappa shape index (κ1) is 9.59. The molecule has 2 aromatic rings. The molecule has 0 aliphatic heterocycles. The Kier molecular flexibility index (Phi) is 2.59. The lowest BCUT2D eigenvalue weighted by Gasteiger charge is -2.04. The molecule has 0 bridgehead atoms. The fourth-order valence-electron chi connectivity index (χ4n) is 1.53. The second-order valence-electron chi connectivity index (χ2n) is 3.38. The van der Waals surface area contributed by atoms with Crippen molar-refractivity contribution in [3.63, 3.8) is 0 Å². The van der Waals surface area contributed by atoms with E-state index in [1.54, 1.807) is 6.20 Å². The summed E-state index contributed by atoms with van der Waals surface area (Å²) in [5.74, 6) is 0. The van der Waals surface area contributed by atoms with Crippen LogP contribution >= 0.6 is 0 Å². The van der Waals surface area contributed by atoms with E-state index in [4.69, 9.17) is 0 Å². The van der Waals surface area contributed by atoms with Crippen LogP contribution in [-0.2, 0) is 0 Å². The Labute approximate surface area is 88.6 Å². The number of aldehydes is 1. The van der Waals surface area contributed by atoms with E-state index in [-0.39, 0.29) is 0 Å². The van der Waals surface area contributed by atoms with E-state index in [0.29, 0.717) is 5.56 Å². The van der Waals surface area contributed by atoms with E-state index < -0.39 is 0 Å². The molecule has 15 heavy (non-hydrogen) atoms. The molecule has 0 fully saturated rings. The van der Waals surface area contributed by atoms with Crippen molar-refractivity contribution >= 4 is 6.29 Å². The predicted octanol–water partition coefficient (Wildman–Crippen LogP) is 2.87. The van der Waals surface area contributed by atoms with Gasteiger partial charge in [0.1, 0.15) is 6.29 Å². The third-order valence-corrected chi connectivity index (χ3v) is 2.36. The summed E-state index contributed by atoms with van der Waals surface area (Å²) in [6.45, 7) is 1.98. The second kappa shape index (κ2) is 4.05. The molecule has 0 aliphatic carbocycles. The Morgan fingerprint density at radius 1 is 1.13 bits per heavy atom. The van der Waals surface area contributed by atoms with Gasteiger partial charge in [-0.2, -0.15) is 0 Å². The summed E-state index contributed by atoms with van der Waals surface area (Å²) in [4.78, 5) is 14.7. The van der Waals surface area contributed by atoms with Crippen molar-refractivity contribution < 1.29 is 4.79 Å². The molecule has 0 saturated heterocycles. The molecule has 0 amide bonds. The molecular weight excluding hydrogens is 186 g/mol. The third kappa shape index (κ3) is 1.94. The number of benzene rings is 1. The highest BCUT2D eigenvalue weighted by molar-refractivity contribution is 5.77. The topological polar surface area (TPSA) is 30.0 Å². The average molecular weight is 197 g/mol. The van der Waals surface area contributed by atoms with Gasteiger partial charge in [-0.15, -0.1) is 0 Å². The van der Waals surface area contributed by atoms with Gasteiger partial charge in [0.25, 0.3) is 0 Å². The minimum absolute atomic E-state index is 0.695. The average Bonchev–Trinajstić information content (AvgIpc) is 2.30. The zero-order valence-electron chi connectivity index (χ0n) is 8.47. The molecule has 0 radical (unpaired) electrons. The number of aromatic nitrogens is 1. The number of hydrogen-bond acceptors (Lipinski definition) is 2. The van der Waals surface area contributed by atoms with Gasteiger partial charge in [-0.05, 0) is 18.6 Å². The Balaban J connectivity index is 2.46. The minimum Gasteiger partial charge on any atom is -0.298 e. The van der Waals surface area contributed by atoms with Crippen LogP contribution in [0.15, 0.2) is 42.6 Å². The Hall–Kier alpha value is -1.96. The van der Waals surface area contributed by atoms with E-state index in [2.05, 4.69) is 4.98 Å². The summed E-state index contributed by atoms with van der Waals surface area (Å²) < 4.78 is 0. The Morgan fingerprint density at radius 3 is 2.47 bits per heavy atom. The highest BCUT2D eigenvalue weighted by Crippen LogP contribution is 2.21. The molecule has 0 saturated carbocycles. The van der Waals surface area contributed by atoms with Crippen molar-refractivity contribution in [3.8, 4) is 11.1 Å². The van der Waals surface area contributed by atoms with Crippen molar-refractivity contribution in [1.82, 2.24) is 4.98 Å². The maximum atomic E-state index is 10.5. The Morgan fingerprint density at radius 2 is 1.87 bits per heavy atom. The lowest BCUT2D eigenvalue weighted by atomic mass is 10.0. The molecule has 0 aliphatic rings. The van der Waals surface area contributed by atoms with Gasteiger partial charge >= 0.3 is 0 Å². The number of carbonyl (C=O) groups excluding carboxylic acids is 1. The number of hydrogen-bond donors (Lipinski definition) is 0. The number of nitrogens with zero attached hydrogens (tertiary/aromatic N) is 1. The highest BCUT2D eigenvalue weighted by atomic mass is 16.1. The SMILES string of the molecule is Cc1ncccc1-c1ccc(C=O)cc1. The quantitative estimate of drug-likeness (QED) is 0.693. The second-order valence-corrected chi connectivity index (χ2v) is 3.38. The molecule has 1 aromatic carbocycles. The van der Waals surface area contributed by atoms with Crippen molar-refractivity contribution in [3.05, 3.63) is 53.9 Å². The lowest BCUT2D eigenvalue weighted by Crippen LogP contribution is -1.87. The smallest absolute Gasteiger partial charge is 0.150 e. The van der Waals surface area contributed by atoms with Crippen molar-refractivity contribution in [2.75, 3.05) is 0 Å². The summed E-state index contributed by atoms with van der Waals surface area (Å²) in [5.41, 5.74) is 3.89. The molecule has 0 spiro atoms. The van der Waals surface area contributed by atoms with Gasteiger partial charge in [-0.25, -0.2) is 0 Å². The van der Waals surface area contributed by atoms with E-state index >= 15 is 0 Å². The number of aryl methyl sites for hydroxylation is 1. The zero-order valence-corrected chi connectivity index (χ0v) is 8.47. The summed E-state index contributed by atoms with van der Waals surface area (Å²) >= 11 is 0. The van der Waals surface area contributed by atoms with Crippen molar-refractivity contribution in [2.24, 2.45) is 0 Å². The molecule has 0 unspecified atom stereocenters. The summed E-state index contributed by atoms with van der Waals surface area (Å²) in [5, 5.41) is 0. The van der Waals surface area contributed by atoms with E-state index in [9.17, 15) is 4.79 Å². The monoisotopic (exact) mass is 197 g/mol. The van der Waals surface area contributed by atoms with E-state index in [1.807, 2.05) is 43.3 Å². The molecule has 2 heteroatoms. The van der Waals surface area contributed by atoms with Crippen LogP contribution < -0.4 is 0 Å². The van der Waals surface area contributed by atoms with Crippen LogP contribution in [0.25, 0.3) is 11.1 Å². The van der Waals surface area contributed by atoms with Gasteiger partial charge < -0.3 is 0 Å². The standard InChI is InChI=1S/C13H11NO/c1-10-13(3-2-8-14-10)12-6-4-11(9-15)5-7-12/h2-9H,1H3. The van der Waals surface area contributed by atoms with Gasteiger partial charge in [-0.3, -0.25) is 9.78 Å². The van der Waals surface area contributed by atoms with Crippen molar-refractivity contribution in [2.45, 2.75) is 6.92 Å². The van der Waals surface area contributed by atoms with Crippen LogP contribution in [-0.4, -0.2) is 11.3 Å². The summed E-state index contributed by atoms with van der Waals surface area (Å²) in [7, 11) is 0. The summed E-state index contributed by atoms with van der Waals surface area (Å²) in [6, 6.07) is 11.4. The van der Waals surface area contributed by atoms with Crippen LogP contribution in [0.5, 0.6) is 0 Å². The molecule has 2 nitrogen and oxygen atoms in total. The molecule has 1 aromatic heterocycles. The molecule has 2 rings (SSSR count). The first-order valence-corrected chi connectivity index (χ1v) is 4.78. The maximum absolute atomic E-state index is 10.5. The van der Waals surface area contributed by atoms with Crippen molar-refractivity contribution in [1.29, 1.82) is 0 Å². The van der Waals surface area contributed by atoms with Crippen LogP contribution in [0, 0.1) is 6.92 Å². The molecule has 74 valence electrons. The lowest BCUT2D eigenvalue weighted by molar-refractivity contribution is 0.112. The van der Waals surface area contributed by atoms with Crippen LogP contribution in [0.3, 0.4) is 0 Å². The maximum Gasteiger partial charge on any atom is 0.150 e. The Bertz CT molecular complexity index is 474. The number of rotatable bonds is 2. The van der Waals surface area contributed by atoms with Gasteiger partial charge in [0, 0.05) is 23.0 Å². The molecular formula is C13H11NO. The van der Waals surface area contributed by atoms with Crippen LogP contribution in [0.2, 0.25) is 0 Å². The first-order chi connectivity index (χ1) is 7.31. The number of carbonyl (C=O) groups is 1. The largest absolute Gasteiger partial charge is 0.298 e. The fraction of sp³-hybridized carbons (Fsp3) is 0.0769. The van der Waals surface area contributed by atoms with Crippen LogP contribution in [0.1, 0.15) is 16.1 Å². The van der Waals surface area contributed by atoms with Gasteiger partial charge in [0.05, 0.1) is 0 Å². The molecule has 1 heterocycles. The summed E-state index contributed by atoms with van der Waals surface area (Å²) in [6.07, 6.45) is 2.62. The van der Waals surface area contributed by atoms with Gasteiger partial charge in [0.15, 0.2) is 0 Å². The van der Waals surface area contributed by atoms with E-state index in [0.717, 1.165) is 23.1 Å².